The van der Waals surface area contributed by atoms with Gasteiger partial charge in [0.25, 0.3) is 0 Å². The molecule has 0 radical (unpaired) electrons. The highest BCUT2D eigenvalue weighted by Crippen LogP contribution is 2.46. The van der Waals surface area contributed by atoms with Crippen molar-refractivity contribution in [2.75, 3.05) is 0 Å². The van der Waals surface area contributed by atoms with Crippen LogP contribution in [0.2, 0.25) is 0 Å². The van der Waals surface area contributed by atoms with E-state index < -0.39 is 36.4 Å². The van der Waals surface area contributed by atoms with Crippen LogP contribution in [0.1, 0.15) is 52.4 Å². The van der Waals surface area contributed by atoms with Crippen molar-refractivity contribution in [1.29, 1.82) is 0 Å². The maximum absolute atomic E-state index is 14.9. The van der Waals surface area contributed by atoms with Crippen molar-refractivity contribution >= 4 is 5.97 Å². The van der Waals surface area contributed by atoms with E-state index in [1.807, 2.05) is 6.92 Å². The van der Waals surface area contributed by atoms with Gasteiger partial charge in [-0.1, -0.05) is 51.0 Å². The maximum Gasteiger partial charge on any atom is 0.303 e. The van der Waals surface area contributed by atoms with Crippen LogP contribution in [0.5, 0.6) is 0 Å². The summed E-state index contributed by atoms with van der Waals surface area (Å²) < 4.78 is 20.6. The fourth-order valence-electron chi connectivity index (χ4n) is 4.09. The van der Waals surface area contributed by atoms with Crippen molar-refractivity contribution < 1.29 is 29.2 Å². The summed E-state index contributed by atoms with van der Waals surface area (Å²) in [4.78, 5) is 10.5. The quantitative estimate of drug-likeness (QED) is 0.503. The monoisotopic (exact) mass is 384 g/mol. The van der Waals surface area contributed by atoms with Crippen LogP contribution in [0.15, 0.2) is 24.3 Å². The molecule has 1 saturated heterocycles. The summed E-state index contributed by atoms with van der Waals surface area (Å²) in [5, 5.41) is 29.2. The third-order valence-electron chi connectivity index (χ3n) is 5.78. The lowest BCUT2D eigenvalue weighted by Crippen LogP contribution is -2.28. The van der Waals surface area contributed by atoms with E-state index in [0.717, 1.165) is 19.3 Å². The number of rotatable bonds is 10. The van der Waals surface area contributed by atoms with Gasteiger partial charge >= 0.3 is 5.97 Å². The zero-order valence-corrected chi connectivity index (χ0v) is 16.2. The first-order valence-corrected chi connectivity index (χ1v) is 10.1. The molecule has 0 aromatic heterocycles. The van der Waals surface area contributed by atoms with Gasteiger partial charge in [0, 0.05) is 24.7 Å². The predicted octanol–water partition coefficient (Wildman–Crippen LogP) is 3.25. The van der Waals surface area contributed by atoms with E-state index in [-0.39, 0.29) is 24.4 Å². The van der Waals surface area contributed by atoms with Crippen LogP contribution in [0.25, 0.3) is 0 Å². The van der Waals surface area contributed by atoms with Crippen molar-refractivity contribution in [2.24, 2.45) is 17.8 Å². The topological polar surface area (TPSA) is 87.0 Å². The van der Waals surface area contributed by atoms with Gasteiger partial charge in [0.05, 0.1) is 18.3 Å². The molecule has 27 heavy (non-hydrogen) atoms. The molecular weight excluding hydrogens is 351 g/mol. The highest BCUT2D eigenvalue weighted by Gasteiger charge is 2.54. The number of hydrogen-bond acceptors (Lipinski definition) is 4. The molecule has 2 rings (SSSR count). The van der Waals surface area contributed by atoms with Crippen LogP contribution in [0.4, 0.5) is 4.39 Å². The second kappa shape index (κ2) is 10.3. The Bertz CT molecular complexity index is 535. The smallest absolute Gasteiger partial charge is 0.303 e. The number of halogens is 1. The number of fused-ring (bicyclic) bond motifs is 1. The van der Waals surface area contributed by atoms with E-state index >= 15 is 0 Å². The van der Waals surface area contributed by atoms with Crippen LogP contribution in [0.3, 0.4) is 0 Å². The minimum Gasteiger partial charge on any atom is -0.481 e. The average Bonchev–Trinajstić information content (AvgIpc) is 3.09. The standard InChI is InChI=1S/C21H33FO5/c1-3-4-7-13(2)15(23)11-10-14-16(24)12-18-20(14)21(22)17(27-18)8-5-6-9-19(25)26/h5,8,10-11,13-18,20-21,23-24H,3-4,6-7,9,12H2,1-2H3,(H,25,26)/b8-5+,11-10+/t13?,14-,15-,16+,17+,18+,20+,21?/m0/s1. The summed E-state index contributed by atoms with van der Waals surface area (Å²) in [6.45, 7) is 4.10. The predicted molar refractivity (Wildman–Crippen MR) is 101 cm³/mol. The van der Waals surface area contributed by atoms with Gasteiger partial charge in [-0.2, -0.15) is 0 Å². The summed E-state index contributed by atoms with van der Waals surface area (Å²) in [6.07, 6.45) is 6.89. The van der Waals surface area contributed by atoms with Crippen LogP contribution in [0, 0.1) is 17.8 Å². The first-order valence-electron chi connectivity index (χ1n) is 10.1. The molecule has 2 fully saturated rings. The highest BCUT2D eigenvalue weighted by molar-refractivity contribution is 5.66. The first kappa shape index (κ1) is 22.1. The molecule has 154 valence electrons. The van der Waals surface area contributed by atoms with Crippen molar-refractivity contribution in [3.63, 3.8) is 0 Å². The Balaban J connectivity index is 1.94. The molecule has 6 heteroatoms. The lowest BCUT2D eigenvalue weighted by molar-refractivity contribution is -0.136. The van der Waals surface area contributed by atoms with Crippen molar-refractivity contribution in [2.45, 2.75) is 83.0 Å². The van der Waals surface area contributed by atoms with Gasteiger partial charge in [0.2, 0.25) is 0 Å². The Hall–Kier alpha value is -1.24. The summed E-state index contributed by atoms with van der Waals surface area (Å²) >= 11 is 0. The maximum atomic E-state index is 14.9. The minimum absolute atomic E-state index is 0.00517. The highest BCUT2D eigenvalue weighted by atomic mass is 19.1. The molecule has 0 aromatic rings. The fourth-order valence-corrected chi connectivity index (χ4v) is 4.09. The van der Waals surface area contributed by atoms with Gasteiger partial charge in [-0.05, 0) is 18.8 Å². The summed E-state index contributed by atoms with van der Waals surface area (Å²) in [5.41, 5.74) is 0. The fraction of sp³-hybridized carbons (Fsp3) is 0.762. The Kier molecular flexibility index (Phi) is 8.45. The van der Waals surface area contributed by atoms with Crippen LogP contribution in [-0.2, 0) is 9.53 Å². The molecule has 2 aliphatic rings. The molecule has 5 nitrogen and oxygen atoms in total. The molecule has 3 N–H and O–H groups in total. The largest absolute Gasteiger partial charge is 0.481 e. The van der Waals surface area contributed by atoms with Gasteiger partial charge < -0.3 is 20.1 Å². The Morgan fingerprint density at radius 1 is 1.37 bits per heavy atom. The second-order valence-electron chi connectivity index (χ2n) is 7.90. The van der Waals surface area contributed by atoms with Crippen LogP contribution in [-0.4, -0.2) is 51.9 Å². The molecule has 0 amide bonds. The minimum atomic E-state index is -1.25. The van der Waals surface area contributed by atoms with Gasteiger partial charge in [-0.15, -0.1) is 0 Å². The SMILES string of the molecule is CCCCC(C)[C@@H](O)/C=C/[C@@H]1[C@H]2C(F)[C@@H](/C=C/CCC(=O)O)O[C@@H]2C[C@H]1O. The average molecular weight is 384 g/mol. The first-order chi connectivity index (χ1) is 12.8. The molecule has 0 aromatic carbocycles. The molecule has 1 aliphatic heterocycles. The van der Waals surface area contributed by atoms with Crippen molar-refractivity contribution in [3.05, 3.63) is 24.3 Å². The molecule has 1 aliphatic carbocycles. The lowest BCUT2D eigenvalue weighted by atomic mass is 9.87. The third-order valence-corrected chi connectivity index (χ3v) is 5.78. The van der Waals surface area contributed by atoms with Crippen LogP contribution >= 0.6 is 0 Å². The molecular formula is C21H33FO5. The van der Waals surface area contributed by atoms with Crippen molar-refractivity contribution in [3.8, 4) is 0 Å². The van der Waals surface area contributed by atoms with E-state index in [1.54, 1.807) is 24.3 Å². The lowest BCUT2D eigenvalue weighted by Gasteiger charge is -2.21. The summed E-state index contributed by atoms with van der Waals surface area (Å²) in [6, 6.07) is 0. The normalized spacial score (nSPS) is 35.7. The number of carboxylic acid groups (broad SMARTS) is 1. The number of unbranched alkanes of at least 4 members (excludes halogenated alkanes) is 1. The molecule has 1 saturated carbocycles. The van der Waals surface area contributed by atoms with Gasteiger partial charge in [-0.3, -0.25) is 4.79 Å². The van der Waals surface area contributed by atoms with E-state index in [4.69, 9.17) is 9.84 Å². The summed E-state index contributed by atoms with van der Waals surface area (Å²) in [7, 11) is 0. The second-order valence-corrected chi connectivity index (χ2v) is 7.90. The zero-order valence-electron chi connectivity index (χ0n) is 16.2. The van der Waals surface area contributed by atoms with Gasteiger partial charge in [-0.25, -0.2) is 4.39 Å². The van der Waals surface area contributed by atoms with Crippen LogP contribution < -0.4 is 0 Å². The molecule has 1 heterocycles. The number of aliphatic carboxylic acids is 1. The number of carbonyl (C=O) groups is 1. The molecule has 2 unspecified atom stereocenters. The van der Waals surface area contributed by atoms with Crippen molar-refractivity contribution in [1.82, 2.24) is 0 Å². The van der Waals surface area contributed by atoms with E-state index in [1.165, 1.54) is 0 Å². The number of allylic oxidation sites excluding steroid dienone is 1. The van der Waals surface area contributed by atoms with E-state index in [2.05, 4.69) is 6.92 Å². The van der Waals surface area contributed by atoms with Gasteiger partial charge in [0.1, 0.15) is 12.3 Å². The number of ether oxygens (including phenoxy) is 1. The number of hydrogen-bond donors (Lipinski definition) is 3. The Morgan fingerprint density at radius 2 is 2.11 bits per heavy atom. The van der Waals surface area contributed by atoms with Gasteiger partial charge in [0.15, 0.2) is 0 Å². The number of alkyl halides is 1. The zero-order chi connectivity index (χ0) is 20.0. The number of carboxylic acids is 1. The van der Waals surface area contributed by atoms with E-state index in [0.29, 0.717) is 12.8 Å². The third kappa shape index (κ3) is 5.87. The Labute approximate surface area is 160 Å². The summed E-state index contributed by atoms with van der Waals surface area (Å²) in [5.74, 6) is -1.58. The molecule has 8 atom stereocenters. The number of aliphatic hydroxyl groups is 2. The molecule has 0 bridgehead atoms. The van der Waals surface area contributed by atoms with E-state index in [9.17, 15) is 19.4 Å². The number of aliphatic hydroxyl groups excluding tert-OH is 2. The Morgan fingerprint density at radius 3 is 2.78 bits per heavy atom. The molecule has 0 spiro atoms.